The zero-order valence-electron chi connectivity index (χ0n) is 21.4. The van der Waals surface area contributed by atoms with Gasteiger partial charge in [0.2, 0.25) is 0 Å². The summed E-state index contributed by atoms with van der Waals surface area (Å²) in [5, 5.41) is 10.8. The molecule has 3 N–H and O–H groups in total. The molecule has 1 aliphatic carbocycles. The molecule has 4 rings (SSSR count). The number of ether oxygens (including phenoxy) is 2. The Balaban J connectivity index is 1.36. The van der Waals surface area contributed by atoms with Crippen molar-refractivity contribution in [1.82, 2.24) is 10.3 Å². The van der Waals surface area contributed by atoms with Crippen molar-refractivity contribution < 1.29 is 13.9 Å². The van der Waals surface area contributed by atoms with Crippen molar-refractivity contribution in [1.29, 1.82) is 0 Å². The van der Waals surface area contributed by atoms with Crippen molar-refractivity contribution in [3.8, 4) is 11.1 Å². The first-order chi connectivity index (χ1) is 16.9. The first kappa shape index (κ1) is 25.9. The van der Waals surface area contributed by atoms with Crippen LogP contribution in [0.2, 0.25) is 0 Å². The predicted octanol–water partition coefficient (Wildman–Crippen LogP) is 5.46. The highest BCUT2D eigenvalue weighted by molar-refractivity contribution is 5.70. The minimum absolute atomic E-state index is 0.226. The van der Waals surface area contributed by atoms with E-state index >= 15 is 0 Å². The molecule has 1 saturated carbocycles. The lowest BCUT2D eigenvalue weighted by atomic mass is 9.82. The maximum Gasteiger partial charge on any atom is 0.149 e. The number of benzene rings is 1. The monoisotopic (exact) mass is 484 g/mol. The summed E-state index contributed by atoms with van der Waals surface area (Å²) in [5.41, 5.74) is 2.67. The van der Waals surface area contributed by atoms with Crippen LogP contribution in [0.4, 0.5) is 15.9 Å². The van der Waals surface area contributed by atoms with E-state index in [1.807, 2.05) is 30.3 Å². The molecule has 0 bridgehead atoms. The lowest BCUT2D eigenvalue weighted by Gasteiger charge is -2.34. The van der Waals surface area contributed by atoms with Crippen LogP contribution in [0.25, 0.3) is 11.1 Å². The van der Waals surface area contributed by atoms with Crippen LogP contribution < -0.4 is 16.0 Å². The fraction of sp³-hybridized carbons (Fsp3) is 0.607. The number of aromatic nitrogens is 1. The van der Waals surface area contributed by atoms with Gasteiger partial charge in [-0.15, -0.1) is 0 Å². The number of hydrogen-bond acceptors (Lipinski definition) is 6. The van der Waals surface area contributed by atoms with Gasteiger partial charge < -0.3 is 25.4 Å². The van der Waals surface area contributed by atoms with E-state index in [0.717, 1.165) is 82.0 Å². The van der Waals surface area contributed by atoms with E-state index in [0.29, 0.717) is 23.7 Å². The van der Waals surface area contributed by atoms with Gasteiger partial charge in [-0.2, -0.15) is 0 Å². The number of nitrogens with one attached hydrogen (secondary N) is 3. The quantitative estimate of drug-likeness (QED) is 0.416. The Bertz CT molecular complexity index is 942. The molecule has 1 aromatic carbocycles. The number of nitrogens with zero attached hydrogens (tertiary/aromatic N) is 1. The first-order valence-corrected chi connectivity index (χ1v) is 13.0. The molecular formula is C28H41FN4O2. The molecule has 2 fully saturated rings. The summed E-state index contributed by atoms with van der Waals surface area (Å²) in [6.45, 7) is 7.71. The summed E-state index contributed by atoms with van der Waals surface area (Å²) in [6.07, 6.45) is 7.79. The average Bonchev–Trinajstić information content (AvgIpc) is 2.86. The van der Waals surface area contributed by atoms with Crippen molar-refractivity contribution in [2.75, 3.05) is 44.1 Å². The Morgan fingerprint density at radius 3 is 2.63 bits per heavy atom. The van der Waals surface area contributed by atoms with Crippen LogP contribution in [0.5, 0.6) is 0 Å². The number of methoxy groups -OCH3 is 1. The Morgan fingerprint density at radius 1 is 1.14 bits per heavy atom. The number of anilines is 2. The molecule has 192 valence electrons. The molecule has 1 aliphatic heterocycles. The topological polar surface area (TPSA) is 67.4 Å². The molecule has 2 aromatic rings. The van der Waals surface area contributed by atoms with Gasteiger partial charge in [0, 0.05) is 56.2 Å². The van der Waals surface area contributed by atoms with Crippen molar-refractivity contribution in [3.05, 3.63) is 42.3 Å². The van der Waals surface area contributed by atoms with Crippen LogP contribution in [-0.2, 0) is 9.47 Å². The standard InChI is InChI=1S/C28H41FN4O2/c1-20(18-34-3)32-22-7-9-23(10-8-22)33-27-16-25(26(29)17-30-27)21-5-4-6-24(15-21)31-19-28(2)11-13-35-14-12-28/h4-6,15-17,20,22-23,31-32H,7-14,18-19H2,1-3H3,(H,30,33). The lowest BCUT2D eigenvalue weighted by Crippen LogP contribution is -2.42. The summed E-state index contributed by atoms with van der Waals surface area (Å²) < 4.78 is 25.5. The third kappa shape index (κ3) is 7.38. The summed E-state index contributed by atoms with van der Waals surface area (Å²) in [6, 6.07) is 11.1. The summed E-state index contributed by atoms with van der Waals surface area (Å²) in [4.78, 5) is 4.33. The van der Waals surface area contributed by atoms with Crippen molar-refractivity contribution in [3.63, 3.8) is 0 Å². The number of hydrogen-bond donors (Lipinski definition) is 3. The fourth-order valence-corrected chi connectivity index (χ4v) is 5.21. The maximum absolute atomic E-state index is 14.8. The highest BCUT2D eigenvalue weighted by atomic mass is 19.1. The largest absolute Gasteiger partial charge is 0.384 e. The molecule has 0 radical (unpaired) electrons. The Labute approximate surface area is 209 Å². The number of halogens is 1. The third-order valence-electron chi connectivity index (χ3n) is 7.46. The Hall–Kier alpha value is -2.22. The predicted molar refractivity (Wildman–Crippen MR) is 140 cm³/mol. The second-order valence-electron chi connectivity index (χ2n) is 10.6. The molecule has 6 nitrogen and oxygen atoms in total. The van der Waals surface area contributed by atoms with E-state index in [-0.39, 0.29) is 11.2 Å². The Kier molecular flexibility index (Phi) is 8.98. The molecule has 0 amide bonds. The van der Waals surface area contributed by atoms with Crippen LogP contribution in [-0.4, -0.2) is 56.6 Å². The molecule has 2 heterocycles. The van der Waals surface area contributed by atoms with Crippen LogP contribution in [0, 0.1) is 11.2 Å². The molecule has 1 saturated heterocycles. The number of rotatable bonds is 10. The molecule has 1 aromatic heterocycles. The van der Waals surface area contributed by atoms with Crippen molar-refractivity contribution in [2.24, 2.45) is 5.41 Å². The zero-order chi connectivity index (χ0) is 24.7. The van der Waals surface area contributed by atoms with Gasteiger partial charge in [-0.25, -0.2) is 9.37 Å². The van der Waals surface area contributed by atoms with Gasteiger partial charge >= 0.3 is 0 Å². The highest BCUT2D eigenvalue weighted by Crippen LogP contribution is 2.32. The first-order valence-electron chi connectivity index (χ1n) is 13.0. The van der Waals surface area contributed by atoms with E-state index < -0.39 is 0 Å². The van der Waals surface area contributed by atoms with Gasteiger partial charge in [-0.1, -0.05) is 19.1 Å². The third-order valence-corrected chi connectivity index (χ3v) is 7.46. The van der Waals surface area contributed by atoms with Gasteiger partial charge in [-0.05, 0) is 74.6 Å². The maximum atomic E-state index is 14.8. The molecular weight excluding hydrogens is 443 g/mol. The van der Waals surface area contributed by atoms with E-state index in [4.69, 9.17) is 9.47 Å². The molecule has 0 spiro atoms. The van der Waals surface area contributed by atoms with Gasteiger partial charge in [0.25, 0.3) is 0 Å². The van der Waals surface area contributed by atoms with E-state index in [1.165, 1.54) is 6.20 Å². The van der Waals surface area contributed by atoms with Crippen LogP contribution in [0.15, 0.2) is 36.5 Å². The molecule has 2 aliphatic rings. The summed E-state index contributed by atoms with van der Waals surface area (Å²) >= 11 is 0. The number of pyridine rings is 1. The lowest BCUT2D eigenvalue weighted by molar-refractivity contribution is 0.0300. The van der Waals surface area contributed by atoms with Gasteiger partial charge in [0.05, 0.1) is 12.8 Å². The SMILES string of the molecule is COCC(C)NC1CCC(Nc2cc(-c3cccc(NCC4(C)CCOCC4)c3)c(F)cn2)CC1. The zero-order valence-corrected chi connectivity index (χ0v) is 21.4. The average molecular weight is 485 g/mol. The van der Waals surface area contributed by atoms with Crippen LogP contribution in [0.1, 0.15) is 52.4 Å². The molecule has 7 heteroatoms. The smallest absolute Gasteiger partial charge is 0.149 e. The Morgan fingerprint density at radius 2 is 1.89 bits per heavy atom. The van der Waals surface area contributed by atoms with Crippen molar-refractivity contribution in [2.45, 2.75) is 70.5 Å². The summed E-state index contributed by atoms with van der Waals surface area (Å²) in [5.74, 6) is 0.433. The minimum atomic E-state index is -0.302. The minimum Gasteiger partial charge on any atom is -0.384 e. The second kappa shape index (κ2) is 12.2. The molecule has 35 heavy (non-hydrogen) atoms. The summed E-state index contributed by atoms with van der Waals surface area (Å²) in [7, 11) is 1.74. The van der Waals surface area contributed by atoms with Gasteiger partial charge in [-0.3, -0.25) is 0 Å². The van der Waals surface area contributed by atoms with Gasteiger partial charge in [0.1, 0.15) is 11.6 Å². The normalized spacial score (nSPS) is 23.0. The fourth-order valence-electron chi connectivity index (χ4n) is 5.21. The van der Waals surface area contributed by atoms with E-state index in [9.17, 15) is 4.39 Å². The van der Waals surface area contributed by atoms with Crippen LogP contribution in [0.3, 0.4) is 0 Å². The molecule has 1 unspecified atom stereocenters. The molecule has 1 atom stereocenters. The van der Waals surface area contributed by atoms with Crippen molar-refractivity contribution >= 4 is 11.5 Å². The van der Waals surface area contributed by atoms with Gasteiger partial charge in [0.15, 0.2) is 0 Å². The van der Waals surface area contributed by atoms with E-state index in [1.54, 1.807) is 7.11 Å². The highest BCUT2D eigenvalue weighted by Gasteiger charge is 2.27. The van der Waals surface area contributed by atoms with Crippen LogP contribution >= 0.6 is 0 Å². The van der Waals surface area contributed by atoms with E-state index in [2.05, 4.69) is 34.8 Å². The second-order valence-corrected chi connectivity index (χ2v) is 10.6.